The predicted octanol–water partition coefficient (Wildman–Crippen LogP) is 3.54. The second-order valence-corrected chi connectivity index (χ2v) is 4.04. The molecule has 84 valence electrons. The Balaban J connectivity index is 3.54. The van der Waals surface area contributed by atoms with Crippen LogP contribution in [0, 0.1) is 5.92 Å². The second kappa shape index (κ2) is 9.04. The van der Waals surface area contributed by atoms with Crippen LogP contribution in [0.2, 0.25) is 0 Å². The van der Waals surface area contributed by atoms with Gasteiger partial charge in [-0.25, -0.2) is 0 Å². The van der Waals surface area contributed by atoms with Crippen molar-refractivity contribution >= 4 is 6.47 Å². The van der Waals surface area contributed by atoms with Gasteiger partial charge in [-0.15, -0.1) is 0 Å². The summed E-state index contributed by atoms with van der Waals surface area (Å²) >= 11 is 0. The highest BCUT2D eigenvalue weighted by Gasteiger charge is 2.08. The maximum absolute atomic E-state index is 10.1. The zero-order valence-corrected chi connectivity index (χ0v) is 9.79. The largest absolute Gasteiger partial charge is 0.465 e. The van der Waals surface area contributed by atoms with E-state index in [4.69, 9.17) is 4.74 Å². The van der Waals surface area contributed by atoms with E-state index in [1.54, 1.807) is 0 Å². The zero-order valence-electron chi connectivity index (χ0n) is 9.79. The molecule has 0 amide bonds. The third kappa shape index (κ3) is 6.93. The average Bonchev–Trinajstić information content (AvgIpc) is 2.19. The van der Waals surface area contributed by atoms with Gasteiger partial charge in [0.25, 0.3) is 6.47 Å². The first kappa shape index (κ1) is 13.5. The molecule has 0 fully saturated rings. The van der Waals surface area contributed by atoms with E-state index in [0.29, 0.717) is 6.47 Å². The molecule has 0 N–H and O–H groups in total. The van der Waals surface area contributed by atoms with Gasteiger partial charge in [0, 0.05) is 0 Å². The Bertz CT molecular complexity index is 134. The van der Waals surface area contributed by atoms with E-state index in [9.17, 15) is 4.79 Å². The monoisotopic (exact) mass is 200 g/mol. The van der Waals surface area contributed by atoms with Crippen molar-refractivity contribution < 1.29 is 9.53 Å². The van der Waals surface area contributed by atoms with Crippen LogP contribution >= 0.6 is 0 Å². The Morgan fingerprint density at radius 2 is 1.93 bits per heavy atom. The number of unbranched alkanes of at least 4 members (excludes halogenated alkanes) is 1. The summed E-state index contributed by atoms with van der Waals surface area (Å²) in [5.74, 6) is 0.813. The van der Waals surface area contributed by atoms with Gasteiger partial charge in [-0.3, -0.25) is 4.79 Å². The van der Waals surface area contributed by atoms with Crippen LogP contribution in [-0.4, -0.2) is 12.6 Å². The summed E-state index contributed by atoms with van der Waals surface area (Å²) in [6, 6.07) is 0. The Hall–Kier alpha value is -0.530. The molecule has 2 heteroatoms. The summed E-state index contributed by atoms with van der Waals surface area (Å²) < 4.78 is 4.86. The van der Waals surface area contributed by atoms with Gasteiger partial charge in [0.2, 0.25) is 0 Å². The highest BCUT2D eigenvalue weighted by atomic mass is 16.5. The lowest BCUT2D eigenvalue weighted by Gasteiger charge is -2.16. The van der Waals surface area contributed by atoms with Crippen molar-refractivity contribution in [3.63, 3.8) is 0 Å². The lowest BCUT2D eigenvalue weighted by molar-refractivity contribution is -0.133. The Labute approximate surface area is 88.0 Å². The molecule has 0 saturated carbocycles. The van der Waals surface area contributed by atoms with Crippen LogP contribution < -0.4 is 0 Å². The molecule has 0 spiro atoms. The zero-order chi connectivity index (χ0) is 10.8. The standard InChI is InChI=1S/C12H24O2/c1-4-6-7-12(5-2)9-8-11(3)14-10-13/h10-12H,4-9H2,1-3H3/t11-,12-/m0/s1. The maximum Gasteiger partial charge on any atom is 0.293 e. The van der Waals surface area contributed by atoms with Crippen molar-refractivity contribution in [2.45, 2.75) is 65.4 Å². The average molecular weight is 200 g/mol. The lowest BCUT2D eigenvalue weighted by Crippen LogP contribution is -2.09. The van der Waals surface area contributed by atoms with E-state index >= 15 is 0 Å². The summed E-state index contributed by atoms with van der Waals surface area (Å²) in [5, 5.41) is 0. The molecule has 0 saturated heterocycles. The molecule has 0 radical (unpaired) electrons. The predicted molar refractivity (Wildman–Crippen MR) is 59.2 cm³/mol. The molecule has 2 atom stereocenters. The topological polar surface area (TPSA) is 26.3 Å². The van der Waals surface area contributed by atoms with Crippen molar-refractivity contribution in [2.75, 3.05) is 0 Å². The van der Waals surface area contributed by atoms with E-state index in [-0.39, 0.29) is 6.10 Å². The normalized spacial score (nSPS) is 14.8. The minimum Gasteiger partial charge on any atom is -0.465 e. The number of rotatable bonds is 9. The maximum atomic E-state index is 10.1. The summed E-state index contributed by atoms with van der Waals surface area (Å²) in [6.07, 6.45) is 7.43. The molecule has 2 nitrogen and oxygen atoms in total. The van der Waals surface area contributed by atoms with Gasteiger partial charge in [-0.2, -0.15) is 0 Å². The molecule has 0 heterocycles. The Morgan fingerprint density at radius 1 is 1.21 bits per heavy atom. The van der Waals surface area contributed by atoms with E-state index in [1.165, 1.54) is 32.1 Å². The number of ether oxygens (including phenoxy) is 1. The van der Waals surface area contributed by atoms with Crippen LogP contribution in [-0.2, 0) is 9.53 Å². The number of carbonyl (C=O) groups is 1. The van der Waals surface area contributed by atoms with Gasteiger partial charge in [0.05, 0.1) is 6.10 Å². The van der Waals surface area contributed by atoms with Crippen molar-refractivity contribution in [2.24, 2.45) is 5.92 Å². The van der Waals surface area contributed by atoms with Gasteiger partial charge < -0.3 is 4.74 Å². The third-order valence-corrected chi connectivity index (χ3v) is 2.81. The molecule has 0 aliphatic rings. The van der Waals surface area contributed by atoms with Crippen molar-refractivity contribution in [1.82, 2.24) is 0 Å². The molecular weight excluding hydrogens is 176 g/mol. The van der Waals surface area contributed by atoms with Crippen LogP contribution in [0.5, 0.6) is 0 Å². The van der Waals surface area contributed by atoms with E-state index in [0.717, 1.165) is 12.3 Å². The van der Waals surface area contributed by atoms with E-state index in [2.05, 4.69) is 13.8 Å². The molecule has 0 aliphatic carbocycles. The van der Waals surface area contributed by atoms with Crippen LogP contribution in [0.1, 0.15) is 59.3 Å². The fourth-order valence-corrected chi connectivity index (χ4v) is 1.68. The summed E-state index contributed by atoms with van der Waals surface area (Å²) in [6.45, 7) is 6.98. The number of hydrogen-bond acceptors (Lipinski definition) is 2. The van der Waals surface area contributed by atoms with E-state index < -0.39 is 0 Å². The molecule has 0 aromatic rings. The van der Waals surface area contributed by atoms with Gasteiger partial charge >= 0.3 is 0 Å². The number of carbonyl (C=O) groups excluding carboxylic acids is 1. The summed E-state index contributed by atoms with van der Waals surface area (Å²) in [7, 11) is 0. The molecule has 0 bridgehead atoms. The smallest absolute Gasteiger partial charge is 0.293 e. The molecule has 0 rings (SSSR count). The fourth-order valence-electron chi connectivity index (χ4n) is 1.68. The second-order valence-electron chi connectivity index (χ2n) is 4.04. The van der Waals surface area contributed by atoms with Gasteiger partial charge in [0.1, 0.15) is 0 Å². The first-order chi connectivity index (χ1) is 6.74. The molecule has 0 aromatic heterocycles. The van der Waals surface area contributed by atoms with Crippen LogP contribution in [0.15, 0.2) is 0 Å². The lowest BCUT2D eigenvalue weighted by atomic mass is 9.93. The SMILES string of the molecule is CCCC[C@H](CC)CC[C@H](C)OC=O. The van der Waals surface area contributed by atoms with Crippen LogP contribution in [0.3, 0.4) is 0 Å². The van der Waals surface area contributed by atoms with Crippen molar-refractivity contribution in [1.29, 1.82) is 0 Å². The minimum atomic E-state index is 0.0863. The van der Waals surface area contributed by atoms with Crippen molar-refractivity contribution in [3.05, 3.63) is 0 Å². The number of hydrogen-bond donors (Lipinski definition) is 0. The Morgan fingerprint density at radius 3 is 2.43 bits per heavy atom. The summed E-state index contributed by atoms with van der Waals surface area (Å²) in [5.41, 5.74) is 0. The first-order valence-corrected chi connectivity index (χ1v) is 5.83. The highest BCUT2D eigenvalue weighted by molar-refractivity contribution is 5.37. The summed E-state index contributed by atoms with van der Waals surface area (Å²) in [4.78, 5) is 10.1. The third-order valence-electron chi connectivity index (χ3n) is 2.81. The fraction of sp³-hybridized carbons (Fsp3) is 0.917. The molecule has 0 aliphatic heterocycles. The molecule has 14 heavy (non-hydrogen) atoms. The van der Waals surface area contributed by atoms with Crippen molar-refractivity contribution in [3.8, 4) is 0 Å². The highest BCUT2D eigenvalue weighted by Crippen LogP contribution is 2.19. The quantitative estimate of drug-likeness (QED) is 0.532. The molecular formula is C12H24O2. The molecule has 0 unspecified atom stereocenters. The Kier molecular flexibility index (Phi) is 8.70. The molecule has 0 aromatic carbocycles. The van der Waals surface area contributed by atoms with E-state index in [1.807, 2.05) is 6.92 Å². The minimum absolute atomic E-state index is 0.0863. The van der Waals surface area contributed by atoms with Gasteiger partial charge in [0.15, 0.2) is 0 Å². The first-order valence-electron chi connectivity index (χ1n) is 5.83. The van der Waals surface area contributed by atoms with Gasteiger partial charge in [-0.05, 0) is 25.7 Å². The van der Waals surface area contributed by atoms with Gasteiger partial charge in [-0.1, -0.05) is 39.5 Å². The van der Waals surface area contributed by atoms with Crippen LogP contribution in [0.4, 0.5) is 0 Å². The van der Waals surface area contributed by atoms with Crippen LogP contribution in [0.25, 0.3) is 0 Å².